The monoisotopic (exact) mass is 296 g/mol. The fraction of sp³-hybridized carbons (Fsp3) is 0. The molecule has 1 aromatic heterocycles. The van der Waals surface area contributed by atoms with E-state index in [1.165, 1.54) is 0 Å². The third kappa shape index (κ3) is 2.79. The average molecular weight is 296 g/mol. The Morgan fingerprint density at radius 3 is 2.35 bits per heavy atom. The van der Waals surface area contributed by atoms with Crippen molar-refractivity contribution in [2.75, 3.05) is 0 Å². The van der Waals surface area contributed by atoms with E-state index in [4.69, 9.17) is 0 Å². The molecule has 7 heteroatoms. The summed E-state index contributed by atoms with van der Waals surface area (Å²) in [4.78, 5) is 6.44. The number of H-pyrrole nitrogens is 1. The van der Waals surface area contributed by atoms with E-state index >= 15 is 0 Å². The first-order chi connectivity index (χ1) is 9.05. The average Bonchev–Trinajstić information content (AvgIpc) is 2.83. The second-order valence-corrected chi connectivity index (χ2v) is 5.36. The van der Waals surface area contributed by atoms with Crippen LogP contribution in [-0.4, -0.2) is 22.9 Å². The Hall–Kier alpha value is -1.18. The van der Waals surface area contributed by atoms with Gasteiger partial charge in [0.05, 0.1) is 11.0 Å². The molecule has 0 saturated heterocycles. The SMILES string of the molecule is O=S(=O)([O-])c1nc2c(-c3ccccc3)cccc2[nH]1.[Na+]. The van der Waals surface area contributed by atoms with Crippen molar-refractivity contribution in [3.63, 3.8) is 0 Å². The molecule has 20 heavy (non-hydrogen) atoms. The normalized spacial score (nSPS) is 11.2. The zero-order valence-corrected chi connectivity index (χ0v) is 13.5. The number of imidazole rings is 1. The van der Waals surface area contributed by atoms with Crippen LogP contribution in [0.1, 0.15) is 0 Å². The maximum Gasteiger partial charge on any atom is 1.00 e. The number of aromatic nitrogens is 2. The van der Waals surface area contributed by atoms with Crippen molar-refractivity contribution >= 4 is 21.2 Å². The van der Waals surface area contributed by atoms with Gasteiger partial charge in [-0.25, -0.2) is 13.4 Å². The molecule has 0 fully saturated rings. The van der Waals surface area contributed by atoms with Crippen molar-refractivity contribution in [3.05, 3.63) is 48.5 Å². The Kier molecular flexibility index (Phi) is 4.31. The van der Waals surface area contributed by atoms with E-state index in [0.717, 1.165) is 11.1 Å². The van der Waals surface area contributed by atoms with E-state index in [0.29, 0.717) is 11.0 Å². The quantitative estimate of drug-likeness (QED) is 0.492. The number of rotatable bonds is 2. The summed E-state index contributed by atoms with van der Waals surface area (Å²) < 4.78 is 33.0. The molecule has 2 aromatic carbocycles. The van der Waals surface area contributed by atoms with Crippen LogP contribution in [0.4, 0.5) is 0 Å². The maximum absolute atomic E-state index is 11.0. The molecule has 3 aromatic rings. The van der Waals surface area contributed by atoms with Crippen LogP contribution in [0.2, 0.25) is 0 Å². The summed E-state index contributed by atoms with van der Waals surface area (Å²) in [6, 6.07) is 14.7. The molecule has 0 unspecified atom stereocenters. The van der Waals surface area contributed by atoms with E-state index in [9.17, 15) is 13.0 Å². The third-order valence-corrected chi connectivity index (χ3v) is 3.48. The van der Waals surface area contributed by atoms with Gasteiger partial charge in [-0.2, -0.15) is 0 Å². The molecule has 1 heterocycles. The summed E-state index contributed by atoms with van der Waals surface area (Å²) in [6.45, 7) is 0. The van der Waals surface area contributed by atoms with Gasteiger partial charge >= 0.3 is 29.6 Å². The van der Waals surface area contributed by atoms with Crippen LogP contribution in [0.5, 0.6) is 0 Å². The molecule has 0 aliphatic heterocycles. The van der Waals surface area contributed by atoms with Crippen molar-refractivity contribution in [1.29, 1.82) is 0 Å². The Morgan fingerprint density at radius 1 is 1.00 bits per heavy atom. The number of hydrogen-bond acceptors (Lipinski definition) is 4. The fourth-order valence-electron chi connectivity index (χ4n) is 1.98. The number of benzene rings is 2. The Balaban J connectivity index is 0.00000147. The molecule has 0 spiro atoms. The number of aromatic amines is 1. The van der Waals surface area contributed by atoms with Crippen molar-refractivity contribution in [1.82, 2.24) is 9.97 Å². The van der Waals surface area contributed by atoms with Gasteiger partial charge in [-0.15, -0.1) is 0 Å². The predicted octanol–water partition coefficient (Wildman–Crippen LogP) is -0.862. The molecular formula is C13H9N2NaO3S. The topological polar surface area (TPSA) is 85.9 Å². The van der Waals surface area contributed by atoms with Crippen molar-refractivity contribution in [2.24, 2.45) is 0 Å². The third-order valence-electron chi connectivity index (χ3n) is 2.81. The van der Waals surface area contributed by atoms with Crippen LogP contribution in [0.25, 0.3) is 22.2 Å². The van der Waals surface area contributed by atoms with Gasteiger partial charge in [-0.1, -0.05) is 42.5 Å². The summed E-state index contributed by atoms with van der Waals surface area (Å²) in [5.74, 6) is 0. The molecule has 0 aliphatic carbocycles. The van der Waals surface area contributed by atoms with Crippen LogP contribution in [-0.2, 0) is 10.1 Å². The molecule has 0 aliphatic rings. The van der Waals surface area contributed by atoms with E-state index < -0.39 is 15.3 Å². The van der Waals surface area contributed by atoms with Gasteiger partial charge in [0.1, 0.15) is 0 Å². The molecule has 0 atom stereocenters. The van der Waals surface area contributed by atoms with E-state index in [2.05, 4.69) is 9.97 Å². The number of nitrogens with zero attached hydrogens (tertiary/aromatic N) is 1. The van der Waals surface area contributed by atoms with Gasteiger partial charge in [0.25, 0.3) is 0 Å². The first-order valence-electron chi connectivity index (χ1n) is 5.56. The summed E-state index contributed by atoms with van der Waals surface area (Å²) in [5, 5.41) is -0.550. The first kappa shape index (κ1) is 15.2. The number of nitrogens with one attached hydrogen (secondary N) is 1. The zero-order valence-electron chi connectivity index (χ0n) is 10.7. The number of hydrogen-bond donors (Lipinski definition) is 1. The Morgan fingerprint density at radius 2 is 1.70 bits per heavy atom. The van der Waals surface area contributed by atoms with Crippen LogP contribution in [0.15, 0.2) is 53.7 Å². The Labute approximate surface area is 138 Å². The summed E-state index contributed by atoms with van der Waals surface area (Å²) in [7, 11) is -4.58. The molecule has 0 radical (unpaired) electrons. The minimum atomic E-state index is -4.58. The second-order valence-electron chi connectivity index (χ2n) is 4.06. The molecular weight excluding hydrogens is 287 g/mol. The van der Waals surface area contributed by atoms with Gasteiger partial charge in [0, 0.05) is 5.56 Å². The van der Waals surface area contributed by atoms with E-state index in [-0.39, 0.29) is 29.6 Å². The number of para-hydroxylation sites is 1. The van der Waals surface area contributed by atoms with Gasteiger partial charge in [0.2, 0.25) is 5.16 Å². The van der Waals surface area contributed by atoms with Gasteiger partial charge in [-0.05, 0) is 11.6 Å². The summed E-state index contributed by atoms with van der Waals surface area (Å²) >= 11 is 0. The van der Waals surface area contributed by atoms with Crippen molar-refractivity contribution in [3.8, 4) is 11.1 Å². The van der Waals surface area contributed by atoms with Crippen LogP contribution < -0.4 is 29.6 Å². The zero-order chi connectivity index (χ0) is 13.5. The molecule has 1 N–H and O–H groups in total. The fourth-order valence-corrected chi connectivity index (χ4v) is 2.42. The molecule has 5 nitrogen and oxygen atoms in total. The van der Waals surface area contributed by atoms with E-state index in [1.807, 2.05) is 36.4 Å². The molecule has 0 saturated carbocycles. The smallest absolute Gasteiger partial charge is 0.742 e. The largest absolute Gasteiger partial charge is 1.00 e. The minimum absolute atomic E-state index is 0. The second kappa shape index (κ2) is 5.67. The summed E-state index contributed by atoms with van der Waals surface area (Å²) in [6.07, 6.45) is 0. The number of fused-ring (bicyclic) bond motifs is 1. The molecule has 0 amide bonds. The van der Waals surface area contributed by atoms with Gasteiger partial charge in [-0.3, -0.25) is 0 Å². The van der Waals surface area contributed by atoms with Crippen LogP contribution in [0.3, 0.4) is 0 Å². The van der Waals surface area contributed by atoms with Crippen LogP contribution in [0, 0.1) is 0 Å². The predicted molar refractivity (Wildman–Crippen MR) is 69.5 cm³/mol. The van der Waals surface area contributed by atoms with Crippen molar-refractivity contribution < 1.29 is 42.5 Å². The standard InChI is InChI=1S/C13H10N2O3S.Na/c16-19(17,18)13-14-11-8-4-7-10(12(11)15-13)9-5-2-1-3-6-9;/h1-8H,(H,14,15)(H,16,17,18);/q;+1/p-1. The summed E-state index contributed by atoms with van der Waals surface area (Å²) in [5.41, 5.74) is 2.69. The van der Waals surface area contributed by atoms with Crippen molar-refractivity contribution in [2.45, 2.75) is 5.16 Å². The minimum Gasteiger partial charge on any atom is -0.742 e. The maximum atomic E-state index is 11.0. The molecule has 96 valence electrons. The first-order valence-corrected chi connectivity index (χ1v) is 6.96. The Bertz CT molecular complexity index is 844. The molecule has 0 bridgehead atoms. The van der Waals surface area contributed by atoms with Gasteiger partial charge in [0.15, 0.2) is 10.1 Å². The van der Waals surface area contributed by atoms with E-state index in [1.54, 1.807) is 12.1 Å². The van der Waals surface area contributed by atoms with Crippen LogP contribution >= 0.6 is 0 Å². The molecule has 3 rings (SSSR count). The van der Waals surface area contributed by atoms with Gasteiger partial charge < -0.3 is 9.54 Å².